The van der Waals surface area contributed by atoms with E-state index in [1.165, 1.54) is 16.3 Å². The molecule has 5 rings (SSSR count). The molecule has 1 N–H and O–H groups in total. The summed E-state index contributed by atoms with van der Waals surface area (Å²) in [7, 11) is 0. The monoisotopic (exact) mass is 428 g/mol. The maximum atomic E-state index is 13.3. The Labute approximate surface area is 188 Å². The Hall–Kier alpha value is -3.22. The van der Waals surface area contributed by atoms with E-state index in [1.807, 2.05) is 31.2 Å². The molecule has 6 heteroatoms. The number of anilines is 2. The summed E-state index contributed by atoms with van der Waals surface area (Å²) < 4.78 is 0. The Morgan fingerprint density at radius 1 is 0.938 bits per heavy atom. The molecule has 0 aromatic heterocycles. The number of amides is 2. The molecule has 2 heterocycles. The highest BCUT2D eigenvalue weighted by Crippen LogP contribution is 2.30. The van der Waals surface area contributed by atoms with Gasteiger partial charge in [0.15, 0.2) is 0 Å². The van der Waals surface area contributed by atoms with Crippen molar-refractivity contribution >= 4 is 34.0 Å². The first kappa shape index (κ1) is 20.7. The van der Waals surface area contributed by atoms with E-state index >= 15 is 0 Å². The third kappa shape index (κ3) is 3.99. The lowest BCUT2D eigenvalue weighted by Crippen LogP contribution is -2.56. The molecular formula is C26H28N4O2. The highest BCUT2D eigenvalue weighted by Gasteiger charge is 2.33. The van der Waals surface area contributed by atoms with Gasteiger partial charge >= 0.3 is 0 Å². The summed E-state index contributed by atoms with van der Waals surface area (Å²) in [6.45, 7) is 6.44. The van der Waals surface area contributed by atoms with Gasteiger partial charge in [-0.2, -0.15) is 0 Å². The average Bonchev–Trinajstić information content (AvgIpc) is 2.83. The van der Waals surface area contributed by atoms with Crippen LogP contribution in [-0.2, 0) is 16.1 Å². The van der Waals surface area contributed by atoms with E-state index in [-0.39, 0.29) is 24.4 Å². The fourth-order valence-corrected chi connectivity index (χ4v) is 4.79. The Balaban J connectivity index is 1.23. The number of hydrogen-bond donors (Lipinski definition) is 1. The summed E-state index contributed by atoms with van der Waals surface area (Å²) in [5, 5.41) is 5.43. The third-order valence-corrected chi connectivity index (χ3v) is 6.62. The van der Waals surface area contributed by atoms with Crippen LogP contribution < -0.4 is 10.2 Å². The molecule has 0 saturated carbocycles. The van der Waals surface area contributed by atoms with Crippen molar-refractivity contribution in [3.05, 3.63) is 72.3 Å². The standard InChI is InChI=1S/C26H28N4O2/c1-19(26(32)30-18-25(31)27-23-11-4-5-12-24(23)30)29-15-13-28(14-16-29)17-21-9-6-8-20-7-2-3-10-22(20)21/h2-12,19H,13-18H2,1H3,(H,27,31)/t19-/m0/s1. The summed E-state index contributed by atoms with van der Waals surface area (Å²) in [5.74, 6) is -0.168. The van der Waals surface area contributed by atoms with Crippen LogP contribution in [0.15, 0.2) is 66.7 Å². The molecule has 164 valence electrons. The van der Waals surface area contributed by atoms with Crippen molar-refractivity contribution in [3.8, 4) is 0 Å². The zero-order chi connectivity index (χ0) is 22.1. The maximum absolute atomic E-state index is 13.3. The number of fused-ring (bicyclic) bond motifs is 2. The van der Waals surface area contributed by atoms with Crippen molar-refractivity contribution in [1.82, 2.24) is 9.80 Å². The number of rotatable bonds is 4. The summed E-state index contributed by atoms with van der Waals surface area (Å²) in [6.07, 6.45) is 0. The molecule has 2 amide bonds. The Morgan fingerprint density at radius 2 is 1.66 bits per heavy atom. The van der Waals surface area contributed by atoms with Crippen LogP contribution in [0.25, 0.3) is 10.8 Å². The number of para-hydroxylation sites is 2. The van der Waals surface area contributed by atoms with Crippen LogP contribution in [0, 0.1) is 0 Å². The number of piperazine rings is 1. The molecule has 0 bridgehead atoms. The first-order valence-corrected chi connectivity index (χ1v) is 11.2. The van der Waals surface area contributed by atoms with Crippen LogP contribution in [0.5, 0.6) is 0 Å². The van der Waals surface area contributed by atoms with E-state index in [9.17, 15) is 9.59 Å². The van der Waals surface area contributed by atoms with Crippen molar-refractivity contribution in [2.45, 2.75) is 19.5 Å². The lowest BCUT2D eigenvalue weighted by Gasteiger charge is -2.39. The number of carbonyl (C=O) groups excluding carboxylic acids is 2. The van der Waals surface area contributed by atoms with Crippen LogP contribution in [0.4, 0.5) is 11.4 Å². The molecule has 0 spiro atoms. The van der Waals surface area contributed by atoms with Gasteiger partial charge in [0, 0.05) is 32.7 Å². The lowest BCUT2D eigenvalue weighted by molar-refractivity contribution is -0.126. The normalized spacial score (nSPS) is 18.3. The lowest BCUT2D eigenvalue weighted by atomic mass is 10.0. The van der Waals surface area contributed by atoms with Gasteiger partial charge in [-0.3, -0.25) is 24.3 Å². The summed E-state index contributed by atoms with van der Waals surface area (Å²) in [6, 6.07) is 22.2. The van der Waals surface area contributed by atoms with Gasteiger partial charge in [-0.05, 0) is 35.4 Å². The van der Waals surface area contributed by atoms with Gasteiger partial charge in [-0.1, -0.05) is 54.6 Å². The molecule has 1 fully saturated rings. The zero-order valence-electron chi connectivity index (χ0n) is 18.3. The van der Waals surface area contributed by atoms with Gasteiger partial charge in [0.1, 0.15) is 6.54 Å². The van der Waals surface area contributed by atoms with Gasteiger partial charge in [-0.25, -0.2) is 0 Å². The van der Waals surface area contributed by atoms with Crippen molar-refractivity contribution in [2.75, 3.05) is 42.9 Å². The molecule has 6 nitrogen and oxygen atoms in total. The fraction of sp³-hybridized carbons (Fsp3) is 0.308. The van der Waals surface area contributed by atoms with Crippen LogP contribution in [0.3, 0.4) is 0 Å². The van der Waals surface area contributed by atoms with Crippen molar-refractivity contribution in [3.63, 3.8) is 0 Å². The molecule has 2 aliphatic heterocycles. The maximum Gasteiger partial charge on any atom is 0.244 e. The summed E-state index contributed by atoms with van der Waals surface area (Å²) in [5.41, 5.74) is 2.82. The molecule has 0 aliphatic carbocycles. The fourth-order valence-electron chi connectivity index (χ4n) is 4.79. The minimum absolute atomic E-state index is 0.0187. The van der Waals surface area contributed by atoms with E-state index in [0.29, 0.717) is 5.69 Å². The third-order valence-electron chi connectivity index (χ3n) is 6.62. The van der Waals surface area contributed by atoms with E-state index in [0.717, 1.165) is 38.4 Å². The van der Waals surface area contributed by atoms with Crippen LogP contribution in [0.2, 0.25) is 0 Å². The Kier molecular flexibility index (Phi) is 5.64. The van der Waals surface area contributed by atoms with Gasteiger partial charge < -0.3 is 5.32 Å². The van der Waals surface area contributed by atoms with Crippen molar-refractivity contribution < 1.29 is 9.59 Å². The number of nitrogens with zero attached hydrogens (tertiary/aromatic N) is 3. The molecular weight excluding hydrogens is 400 g/mol. The smallest absolute Gasteiger partial charge is 0.244 e. The number of hydrogen-bond acceptors (Lipinski definition) is 4. The van der Waals surface area contributed by atoms with Gasteiger partial charge in [0.05, 0.1) is 17.4 Å². The molecule has 1 atom stereocenters. The molecule has 2 aliphatic rings. The largest absolute Gasteiger partial charge is 0.323 e. The molecule has 0 radical (unpaired) electrons. The van der Waals surface area contributed by atoms with Crippen LogP contribution >= 0.6 is 0 Å². The predicted molar refractivity (Wildman–Crippen MR) is 128 cm³/mol. The minimum atomic E-state index is -0.270. The topological polar surface area (TPSA) is 55.9 Å². The molecule has 3 aromatic rings. The molecule has 0 unspecified atom stereocenters. The summed E-state index contributed by atoms with van der Waals surface area (Å²) in [4.78, 5) is 31.8. The van der Waals surface area contributed by atoms with Crippen LogP contribution in [0.1, 0.15) is 12.5 Å². The Morgan fingerprint density at radius 3 is 2.50 bits per heavy atom. The summed E-state index contributed by atoms with van der Waals surface area (Å²) >= 11 is 0. The number of benzene rings is 3. The van der Waals surface area contributed by atoms with E-state index in [2.05, 4.69) is 57.6 Å². The predicted octanol–water partition coefficient (Wildman–Crippen LogP) is 3.33. The molecule has 1 saturated heterocycles. The van der Waals surface area contributed by atoms with E-state index < -0.39 is 0 Å². The first-order valence-electron chi connectivity index (χ1n) is 11.2. The molecule has 32 heavy (non-hydrogen) atoms. The van der Waals surface area contributed by atoms with E-state index in [1.54, 1.807) is 4.90 Å². The second-order valence-corrected chi connectivity index (χ2v) is 8.62. The second kappa shape index (κ2) is 8.73. The second-order valence-electron chi connectivity index (χ2n) is 8.62. The van der Waals surface area contributed by atoms with Gasteiger partial charge in [0.25, 0.3) is 0 Å². The zero-order valence-corrected chi connectivity index (χ0v) is 18.3. The SMILES string of the molecule is C[C@@H](C(=O)N1CC(=O)Nc2ccccc21)N1CCN(Cc2cccc3ccccc23)CC1. The highest BCUT2D eigenvalue weighted by molar-refractivity contribution is 6.11. The van der Waals surface area contributed by atoms with Crippen molar-refractivity contribution in [1.29, 1.82) is 0 Å². The van der Waals surface area contributed by atoms with E-state index in [4.69, 9.17) is 0 Å². The van der Waals surface area contributed by atoms with Crippen molar-refractivity contribution in [2.24, 2.45) is 0 Å². The highest BCUT2D eigenvalue weighted by atomic mass is 16.2. The number of nitrogens with one attached hydrogen (secondary N) is 1. The number of carbonyl (C=O) groups is 2. The van der Waals surface area contributed by atoms with Crippen LogP contribution in [-0.4, -0.2) is 60.4 Å². The minimum Gasteiger partial charge on any atom is -0.323 e. The first-order chi connectivity index (χ1) is 15.6. The average molecular weight is 429 g/mol. The van der Waals surface area contributed by atoms with Gasteiger partial charge in [-0.15, -0.1) is 0 Å². The molecule has 3 aromatic carbocycles. The quantitative estimate of drug-likeness (QED) is 0.693. The van der Waals surface area contributed by atoms with Gasteiger partial charge in [0.2, 0.25) is 11.8 Å². The Bertz CT molecular complexity index is 1150.